The number of nitriles is 1. The lowest BCUT2D eigenvalue weighted by molar-refractivity contribution is 1.19. The molecule has 0 aliphatic rings. The third-order valence-electron chi connectivity index (χ3n) is 2.39. The van der Waals surface area contributed by atoms with Gasteiger partial charge in [-0.2, -0.15) is 5.26 Å². The summed E-state index contributed by atoms with van der Waals surface area (Å²) in [4.78, 5) is 1.08. The van der Waals surface area contributed by atoms with Crippen molar-refractivity contribution in [3.05, 3.63) is 28.8 Å². The van der Waals surface area contributed by atoms with Gasteiger partial charge in [0.05, 0.1) is 0 Å². The largest absolute Gasteiger partial charge is 0.185 e. The summed E-state index contributed by atoms with van der Waals surface area (Å²) in [5.74, 6) is 0. The summed E-state index contributed by atoms with van der Waals surface area (Å²) in [6.07, 6.45) is 5.30. The average Bonchev–Trinajstić information content (AvgIpc) is 2.11. The minimum atomic E-state index is -1.06. The monoisotopic (exact) mass is 251 g/mol. The lowest BCUT2D eigenvalue weighted by atomic mass is 10.1. The number of thioether (sulfide) groups is 1. The van der Waals surface area contributed by atoms with Crippen molar-refractivity contribution in [3.63, 3.8) is 0 Å². The fourth-order valence-corrected chi connectivity index (χ4v) is 3.45. The van der Waals surface area contributed by atoms with Crippen molar-refractivity contribution in [2.24, 2.45) is 0 Å². The number of nitrogens with zero attached hydrogens (tertiary/aromatic N) is 1. The topological polar surface area (TPSA) is 23.8 Å². The van der Waals surface area contributed by atoms with E-state index < -0.39 is 6.89 Å². The molecule has 0 atom stereocenters. The fourth-order valence-electron chi connectivity index (χ4n) is 1.67. The minimum absolute atomic E-state index is 1.05. The van der Waals surface area contributed by atoms with Crippen LogP contribution in [0.2, 0.25) is 0 Å². The molecule has 0 spiro atoms. The van der Waals surface area contributed by atoms with E-state index in [4.69, 9.17) is 5.26 Å². The summed E-state index contributed by atoms with van der Waals surface area (Å²) < 4.78 is 0. The van der Waals surface area contributed by atoms with Gasteiger partial charge in [-0.1, -0.05) is 6.07 Å². The van der Waals surface area contributed by atoms with E-state index in [0.29, 0.717) is 0 Å². The van der Waals surface area contributed by atoms with Crippen molar-refractivity contribution < 1.29 is 0 Å². The lowest BCUT2D eigenvalue weighted by Crippen LogP contribution is -1.93. The molecule has 1 aromatic carbocycles. The number of hydrogen-bond donors (Lipinski definition) is 0. The first-order valence-corrected chi connectivity index (χ1v) is 9.04. The average molecular weight is 251 g/mol. The quantitative estimate of drug-likeness (QED) is 0.459. The number of aryl methyl sites for hydroxylation is 2. The SMILES string of the molecule is C=P(C)(C)Cc1cc(SC#N)c(C)cc1C. The van der Waals surface area contributed by atoms with E-state index in [1.165, 1.54) is 28.5 Å². The summed E-state index contributed by atoms with van der Waals surface area (Å²) in [5.41, 5.74) is 3.85. The van der Waals surface area contributed by atoms with Crippen LogP contribution >= 0.6 is 18.6 Å². The van der Waals surface area contributed by atoms with Crippen molar-refractivity contribution in [3.8, 4) is 5.40 Å². The highest BCUT2D eigenvalue weighted by Crippen LogP contribution is 2.41. The van der Waals surface area contributed by atoms with Crippen LogP contribution in [0.25, 0.3) is 0 Å². The Bertz CT molecular complexity index is 479. The van der Waals surface area contributed by atoms with Crippen molar-refractivity contribution in [1.82, 2.24) is 0 Å². The molecule has 0 radical (unpaired) electrons. The zero-order valence-corrected chi connectivity index (χ0v) is 12.1. The first kappa shape index (κ1) is 13.4. The third kappa shape index (κ3) is 3.74. The predicted molar refractivity (Wildman–Crippen MR) is 77.0 cm³/mol. The van der Waals surface area contributed by atoms with Crippen molar-refractivity contribution in [1.29, 1.82) is 5.26 Å². The van der Waals surface area contributed by atoms with E-state index in [-0.39, 0.29) is 0 Å². The maximum atomic E-state index is 8.74. The Kier molecular flexibility index (Phi) is 4.30. The Morgan fingerprint density at radius 1 is 1.31 bits per heavy atom. The first-order chi connectivity index (χ1) is 7.33. The Morgan fingerprint density at radius 2 is 1.94 bits per heavy atom. The van der Waals surface area contributed by atoms with E-state index >= 15 is 0 Å². The van der Waals surface area contributed by atoms with E-state index in [0.717, 1.165) is 11.1 Å². The molecule has 0 aliphatic heterocycles. The maximum absolute atomic E-state index is 8.74. The molecule has 1 aromatic rings. The Morgan fingerprint density at radius 3 is 2.44 bits per heavy atom. The predicted octanol–water partition coefficient (Wildman–Crippen LogP) is 4.09. The highest BCUT2D eigenvalue weighted by molar-refractivity contribution is 8.03. The fraction of sp³-hybridized carbons (Fsp3) is 0.385. The molecule has 1 rings (SSSR count). The van der Waals surface area contributed by atoms with Gasteiger partial charge in [-0.15, -0.1) is 13.2 Å². The summed E-state index contributed by atoms with van der Waals surface area (Å²) in [6, 6.07) is 4.33. The van der Waals surface area contributed by atoms with Crippen LogP contribution in [-0.2, 0) is 6.16 Å². The van der Waals surface area contributed by atoms with Gasteiger partial charge in [-0.05, 0) is 67.9 Å². The number of rotatable bonds is 3. The van der Waals surface area contributed by atoms with Crippen molar-refractivity contribution >= 4 is 24.9 Å². The van der Waals surface area contributed by atoms with Crippen LogP contribution in [0.1, 0.15) is 16.7 Å². The van der Waals surface area contributed by atoms with Gasteiger partial charge in [-0.3, -0.25) is 0 Å². The second-order valence-electron chi connectivity index (χ2n) is 4.83. The summed E-state index contributed by atoms with van der Waals surface area (Å²) in [5, 5.41) is 10.9. The Balaban J connectivity index is 3.15. The van der Waals surface area contributed by atoms with Gasteiger partial charge in [0.2, 0.25) is 0 Å². The van der Waals surface area contributed by atoms with Gasteiger partial charge in [0.25, 0.3) is 0 Å². The molecule has 0 saturated heterocycles. The van der Waals surface area contributed by atoms with Crippen LogP contribution in [-0.4, -0.2) is 19.6 Å². The molecule has 86 valence electrons. The molecule has 0 aromatic heterocycles. The normalized spacial score (nSPS) is 11.2. The van der Waals surface area contributed by atoms with Crippen molar-refractivity contribution in [2.45, 2.75) is 24.9 Å². The van der Waals surface area contributed by atoms with Gasteiger partial charge in [0.15, 0.2) is 0 Å². The van der Waals surface area contributed by atoms with Crippen LogP contribution in [0, 0.1) is 24.5 Å². The standard InChI is InChI=1S/C13H18NPS/c1-10-6-11(2)13(16-9-14)7-12(10)8-15(3,4)5/h6-7H,3,8H2,1-2,4-5H3. The molecule has 0 N–H and O–H groups in total. The summed E-state index contributed by atoms with van der Waals surface area (Å²) in [7, 11) is 0. The van der Waals surface area contributed by atoms with Crippen LogP contribution in [0.3, 0.4) is 0 Å². The van der Waals surface area contributed by atoms with E-state index in [1.807, 2.05) is 0 Å². The first-order valence-electron chi connectivity index (χ1n) is 5.17. The number of benzene rings is 1. The molecule has 0 saturated carbocycles. The van der Waals surface area contributed by atoms with Crippen LogP contribution in [0.4, 0.5) is 0 Å². The van der Waals surface area contributed by atoms with Gasteiger partial charge in [0, 0.05) is 4.90 Å². The molecule has 0 amide bonds. The van der Waals surface area contributed by atoms with Crippen LogP contribution < -0.4 is 0 Å². The van der Waals surface area contributed by atoms with Gasteiger partial charge >= 0.3 is 0 Å². The Hall–Kier alpha value is -0.640. The highest BCUT2D eigenvalue weighted by atomic mass is 32.2. The lowest BCUT2D eigenvalue weighted by Gasteiger charge is -2.16. The number of thiocyanates is 1. The smallest absolute Gasteiger partial charge is 0.138 e. The van der Waals surface area contributed by atoms with Gasteiger partial charge < -0.3 is 0 Å². The van der Waals surface area contributed by atoms with Gasteiger partial charge in [0.1, 0.15) is 5.40 Å². The molecule has 1 nitrogen and oxygen atoms in total. The molecule has 0 fully saturated rings. The van der Waals surface area contributed by atoms with Crippen LogP contribution in [0.5, 0.6) is 0 Å². The molecule has 0 aliphatic carbocycles. The maximum Gasteiger partial charge on any atom is 0.138 e. The second-order valence-corrected chi connectivity index (χ2v) is 9.85. The molecule has 16 heavy (non-hydrogen) atoms. The molecule has 0 heterocycles. The summed E-state index contributed by atoms with van der Waals surface area (Å²) >= 11 is 1.25. The van der Waals surface area contributed by atoms with E-state index in [1.54, 1.807) is 0 Å². The molecular formula is C13H18NPS. The second kappa shape index (κ2) is 5.13. The van der Waals surface area contributed by atoms with E-state index in [9.17, 15) is 0 Å². The Labute approximate surface area is 103 Å². The van der Waals surface area contributed by atoms with E-state index in [2.05, 4.69) is 51.0 Å². The van der Waals surface area contributed by atoms with Crippen LogP contribution in [0.15, 0.2) is 17.0 Å². The minimum Gasteiger partial charge on any atom is -0.185 e. The molecule has 3 heteroatoms. The highest BCUT2D eigenvalue weighted by Gasteiger charge is 2.08. The third-order valence-corrected chi connectivity index (χ3v) is 4.34. The van der Waals surface area contributed by atoms with Crippen molar-refractivity contribution in [2.75, 3.05) is 13.3 Å². The van der Waals surface area contributed by atoms with Gasteiger partial charge in [-0.25, -0.2) is 0 Å². The number of hydrogen-bond acceptors (Lipinski definition) is 2. The molecular weight excluding hydrogens is 233 g/mol. The zero-order chi connectivity index (χ0) is 12.3. The summed E-state index contributed by atoms with van der Waals surface area (Å²) in [6.45, 7) is 7.61. The molecule has 0 unspecified atom stereocenters. The zero-order valence-electron chi connectivity index (χ0n) is 10.4. The molecule has 0 bridgehead atoms.